The summed E-state index contributed by atoms with van der Waals surface area (Å²) in [5.74, 6) is 0. The van der Waals surface area contributed by atoms with Crippen LogP contribution in [-0.4, -0.2) is 14.0 Å². The Kier molecular flexibility index (Phi) is 3.91. The first-order chi connectivity index (χ1) is 6.80. The largest absolute Gasteiger partial charge is 0.409 e. The molecule has 15 heavy (non-hydrogen) atoms. The van der Waals surface area contributed by atoms with Crippen molar-refractivity contribution in [2.75, 3.05) is 5.73 Å². The van der Waals surface area contributed by atoms with E-state index in [1.165, 1.54) is 11.3 Å². The summed E-state index contributed by atoms with van der Waals surface area (Å²) in [6.45, 7) is 10.8. The van der Waals surface area contributed by atoms with E-state index >= 15 is 0 Å². The van der Waals surface area contributed by atoms with Gasteiger partial charge in [-0.3, -0.25) is 0 Å². The number of nitrogen functional groups attached to an aromatic ring is 1. The third kappa shape index (κ3) is 3.59. The van der Waals surface area contributed by atoms with Crippen molar-refractivity contribution in [2.45, 2.75) is 40.0 Å². The summed E-state index contributed by atoms with van der Waals surface area (Å²) in [6.07, 6.45) is 1.94. The maximum absolute atomic E-state index is 6.03. The quantitative estimate of drug-likeness (QED) is 0.830. The molecule has 0 spiro atoms. The number of nitrogens with zero attached hydrogens (tertiary/aromatic N) is 1. The molecule has 0 aliphatic carbocycles. The fraction of sp³-hybridized carbons (Fsp3) is 0.700. The van der Waals surface area contributed by atoms with Crippen LogP contribution in [0.5, 0.6) is 0 Å². The normalized spacial score (nSPS) is 14.5. The molecule has 0 bridgehead atoms. The van der Waals surface area contributed by atoms with Gasteiger partial charge in [-0.25, -0.2) is 4.98 Å². The minimum atomic E-state index is -0.716. The zero-order valence-corrected chi connectivity index (χ0v) is 11.8. The molecule has 1 aromatic heterocycles. The number of rotatable bonds is 3. The van der Waals surface area contributed by atoms with Crippen LogP contribution in [0.15, 0.2) is 6.20 Å². The van der Waals surface area contributed by atoms with Crippen LogP contribution in [0, 0.1) is 5.41 Å². The molecular formula is C10H19N2OSSi. The molecule has 0 saturated carbocycles. The molecule has 1 radical (unpaired) electrons. The fourth-order valence-electron chi connectivity index (χ4n) is 1.32. The zero-order chi connectivity index (χ0) is 11.6. The maximum Gasteiger partial charge on any atom is 0.205 e. The number of aromatic nitrogens is 1. The number of nitrogens with two attached hydrogens (primary N) is 1. The summed E-state index contributed by atoms with van der Waals surface area (Å²) in [4.78, 5) is 5.22. The van der Waals surface area contributed by atoms with Crippen molar-refractivity contribution >= 4 is 25.5 Å². The predicted molar refractivity (Wildman–Crippen MR) is 67.3 cm³/mol. The number of hydrogen-bond acceptors (Lipinski definition) is 4. The van der Waals surface area contributed by atoms with Gasteiger partial charge in [-0.1, -0.05) is 32.1 Å². The third-order valence-electron chi connectivity index (χ3n) is 1.94. The van der Waals surface area contributed by atoms with E-state index in [1.54, 1.807) is 0 Å². The topological polar surface area (TPSA) is 48.1 Å². The molecule has 1 aromatic rings. The lowest BCUT2D eigenvalue weighted by Gasteiger charge is -2.31. The molecule has 3 nitrogen and oxygen atoms in total. The van der Waals surface area contributed by atoms with Crippen LogP contribution in [0.25, 0.3) is 0 Å². The molecule has 0 amide bonds. The molecule has 0 fully saturated rings. The minimum absolute atomic E-state index is 0.0842. The van der Waals surface area contributed by atoms with E-state index in [9.17, 15) is 0 Å². The van der Waals surface area contributed by atoms with Crippen molar-refractivity contribution in [1.29, 1.82) is 0 Å². The van der Waals surface area contributed by atoms with E-state index in [2.05, 4.69) is 38.8 Å². The van der Waals surface area contributed by atoms with Gasteiger partial charge in [0.1, 0.15) is 0 Å². The van der Waals surface area contributed by atoms with E-state index in [0.717, 1.165) is 4.88 Å². The van der Waals surface area contributed by atoms with Crippen LogP contribution in [0.4, 0.5) is 5.13 Å². The maximum atomic E-state index is 6.03. The van der Waals surface area contributed by atoms with E-state index < -0.39 is 9.04 Å². The van der Waals surface area contributed by atoms with Gasteiger partial charge in [0.25, 0.3) is 0 Å². The predicted octanol–water partition coefficient (Wildman–Crippen LogP) is 3.08. The van der Waals surface area contributed by atoms with E-state index in [-0.39, 0.29) is 11.5 Å². The molecule has 1 unspecified atom stereocenters. The summed E-state index contributed by atoms with van der Waals surface area (Å²) >= 11 is 1.52. The first-order valence-electron chi connectivity index (χ1n) is 4.98. The highest BCUT2D eigenvalue weighted by atomic mass is 32.1. The lowest BCUT2D eigenvalue weighted by molar-refractivity contribution is 0.0896. The van der Waals surface area contributed by atoms with Gasteiger partial charge in [-0.15, -0.1) is 0 Å². The summed E-state index contributed by atoms with van der Waals surface area (Å²) in [6, 6.07) is 0. The van der Waals surface area contributed by atoms with E-state index in [4.69, 9.17) is 10.2 Å². The number of thiazole rings is 1. The number of anilines is 1. The molecule has 5 heteroatoms. The Bertz CT molecular complexity index is 319. The van der Waals surface area contributed by atoms with E-state index in [1.807, 2.05) is 6.20 Å². The van der Waals surface area contributed by atoms with Gasteiger partial charge < -0.3 is 10.2 Å². The Morgan fingerprint density at radius 2 is 2.07 bits per heavy atom. The second-order valence-electron chi connectivity index (χ2n) is 4.87. The Hall–Kier alpha value is -0.393. The molecule has 0 aliphatic heterocycles. The lowest BCUT2D eigenvalue weighted by atomic mass is 9.88. The minimum Gasteiger partial charge on any atom is -0.409 e. The van der Waals surface area contributed by atoms with Gasteiger partial charge in [0.05, 0.1) is 11.0 Å². The van der Waals surface area contributed by atoms with Gasteiger partial charge >= 0.3 is 0 Å². The first-order valence-corrected chi connectivity index (χ1v) is 8.21. The van der Waals surface area contributed by atoms with Gasteiger partial charge in [0, 0.05) is 6.20 Å². The highest BCUT2D eigenvalue weighted by Crippen LogP contribution is 2.39. The van der Waals surface area contributed by atoms with Crippen LogP contribution in [0.3, 0.4) is 0 Å². The van der Waals surface area contributed by atoms with Gasteiger partial charge in [0.2, 0.25) is 9.04 Å². The average Bonchev–Trinajstić information content (AvgIpc) is 2.45. The lowest BCUT2D eigenvalue weighted by Crippen LogP contribution is -2.25. The Labute approximate surface area is 97.4 Å². The molecule has 1 heterocycles. The summed E-state index contributed by atoms with van der Waals surface area (Å²) < 4.78 is 6.03. The van der Waals surface area contributed by atoms with Crippen molar-refractivity contribution < 1.29 is 4.43 Å². The Morgan fingerprint density at radius 3 is 2.40 bits per heavy atom. The van der Waals surface area contributed by atoms with Gasteiger partial charge in [-0.05, 0) is 18.5 Å². The van der Waals surface area contributed by atoms with Crippen LogP contribution >= 0.6 is 11.3 Å². The molecule has 0 saturated heterocycles. The third-order valence-corrected chi connectivity index (χ3v) is 3.52. The molecular weight excluding hydrogens is 224 g/mol. The van der Waals surface area contributed by atoms with Crippen molar-refractivity contribution in [2.24, 2.45) is 5.41 Å². The second kappa shape index (κ2) is 4.63. The molecule has 2 N–H and O–H groups in total. The molecule has 1 atom stereocenters. The molecule has 85 valence electrons. The Balaban J connectivity index is 2.91. The highest BCUT2D eigenvalue weighted by Gasteiger charge is 2.29. The monoisotopic (exact) mass is 243 g/mol. The SMILES string of the molecule is C[Si](C)OC(c1cnc(N)s1)C(C)(C)C. The summed E-state index contributed by atoms with van der Waals surface area (Å²) in [7, 11) is -0.716. The molecule has 1 rings (SSSR count). The highest BCUT2D eigenvalue weighted by molar-refractivity contribution is 7.15. The van der Waals surface area contributed by atoms with Crippen molar-refractivity contribution in [3.63, 3.8) is 0 Å². The van der Waals surface area contributed by atoms with Crippen LogP contribution in [0.1, 0.15) is 31.8 Å². The summed E-state index contributed by atoms with van der Waals surface area (Å²) in [5, 5.41) is 0.615. The summed E-state index contributed by atoms with van der Waals surface area (Å²) in [5.41, 5.74) is 5.73. The van der Waals surface area contributed by atoms with Crippen molar-refractivity contribution in [3.8, 4) is 0 Å². The fourth-order valence-corrected chi connectivity index (χ4v) is 3.32. The van der Waals surface area contributed by atoms with Crippen LogP contribution in [0.2, 0.25) is 13.1 Å². The average molecular weight is 243 g/mol. The van der Waals surface area contributed by atoms with E-state index in [0.29, 0.717) is 5.13 Å². The standard InChI is InChI=1S/C10H19N2OSSi/c1-10(2,3)8(13-15(4)5)7-6-12-9(11)14-7/h6,8H,1-5H3,(H2,11,12). The van der Waals surface area contributed by atoms with Crippen molar-refractivity contribution in [1.82, 2.24) is 4.98 Å². The number of hydrogen-bond donors (Lipinski definition) is 1. The second-order valence-corrected chi connectivity index (χ2v) is 8.02. The van der Waals surface area contributed by atoms with Crippen LogP contribution in [-0.2, 0) is 4.43 Å². The van der Waals surface area contributed by atoms with Crippen molar-refractivity contribution in [3.05, 3.63) is 11.1 Å². The van der Waals surface area contributed by atoms with Gasteiger partial charge in [0.15, 0.2) is 5.13 Å². The Morgan fingerprint density at radius 1 is 1.47 bits per heavy atom. The smallest absolute Gasteiger partial charge is 0.205 e. The van der Waals surface area contributed by atoms with Crippen LogP contribution < -0.4 is 5.73 Å². The first kappa shape index (κ1) is 12.7. The zero-order valence-electron chi connectivity index (χ0n) is 10.00. The molecule has 0 aromatic carbocycles. The van der Waals surface area contributed by atoms with Gasteiger partial charge in [-0.2, -0.15) is 0 Å². The molecule has 0 aliphatic rings.